The van der Waals surface area contributed by atoms with Crippen molar-refractivity contribution < 1.29 is 4.79 Å². The van der Waals surface area contributed by atoms with Crippen molar-refractivity contribution in [1.29, 1.82) is 0 Å². The number of hydrogen-bond acceptors (Lipinski definition) is 1. The normalized spacial score (nSPS) is 10.7. The molecule has 0 atom stereocenters. The summed E-state index contributed by atoms with van der Waals surface area (Å²) in [6, 6.07) is 18.7. The number of fused-ring (bicyclic) bond motifs is 1. The molecule has 2 aromatic carbocycles. The van der Waals surface area contributed by atoms with Crippen LogP contribution >= 0.6 is 0 Å². The maximum Gasteiger partial charge on any atom is 0.245 e. The molecule has 3 heteroatoms. The first-order chi connectivity index (χ1) is 11.2. The van der Waals surface area contributed by atoms with E-state index in [-0.39, 0.29) is 5.91 Å². The van der Waals surface area contributed by atoms with Gasteiger partial charge in [-0.1, -0.05) is 55.1 Å². The van der Waals surface area contributed by atoms with Gasteiger partial charge in [0, 0.05) is 37.2 Å². The zero-order valence-corrected chi connectivity index (χ0v) is 13.3. The van der Waals surface area contributed by atoms with Crippen LogP contribution in [0, 0.1) is 0 Å². The van der Waals surface area contributed by atoms with Gasteiger partial charge in [-0.3, -0.25) is 4.79 Å². The fourth-order valence-corrected chi connectivity index (χ4v) is 2.85. The number of likely N-dealkylation sites (N-methyl/N-ethyl adjacent to an activating group) is 1. The molecule has 0 fully saturated rings. The van der Waals surface area contributed by atoms with Gasteiger partial charge in [-0.15, -0.1) is 0 Å². The van der Waals surface area contributed by atoms with Gasteiger partial charge < -0.3 is 9.47 Å². The van der Waals surface area contributed by atoms with E-state index in [1.807, 2.05) is 18.2 Å². The Bertz CT molecular complexity index is 833. The maximum atomic E-state index is 11.8. The summed E-state index contributed by atoms with van der Waals surface area (Å²) in [5.74, 6) is -0.0649. The molecule has 1 heterocycles. The summed E-state index contributed by atoms with van der Waals surface area (Å²) < 4.78 is 2.24. The average Bonchev–Trinajstić information content (AvgIpc) is 2.93. The van der Waals surface area contributed by atoms with Gasteiger partial charge in [-0.05, 0) is 23.3 Å². The second kappa shape index (κ2) is 6.53. The predicted molar refractivity (Wildman–Crippen MR) is 94.2 cm³/mol. The van der Waals surface area contributed by atoms with E-state index in [0.717, 1.165) is 12.1 Å². The average molecular weight is 304 g/mol. The summed E-state index contributed by atoms with van der Waals surface area (Å²) in [6.07, 6.45) is 3.49. The third-order valence-corrected chi connectivity index (χ3v) is 4.03. The minimum atomic E-state index is -0.0649. The molecule has 0 radical (unpaired) electrons. The van der Waals surface area contributed by atoms with Crippen molar-refractivity contribution in [3.8, 4) is 0 Å². The summed E-state index contributed by atoms with van der Waals surface area (Å²) in [4.78, 5) is 13.4. The minimum absolute atomic E-state index is 0.0649. The van der Waals surface area contributed by atoms with Crippen molar-refractivity contribution in [3.63, 3.8) is 0 Å². The zero-order valence-electron chi connectivity index (χ0n) is 13.3. The topological polar surface area (TPSA) is 25.2 Å². The van der Waals surface area contributed by atoms with Crippen LogP contribution in [0.1, 0.15) is 11.1 Å². The van der Waals surface area contributed by atoms with Crippen molar-refractivity contribution >= 4 is 16.8 Å². The largest absolute Gasteiger partial charge is 0.343 e. The molecule has 3 nitrogen and oxygen atoms in total. The highest BCUT2D eigenvalue weighted by Crippen LogP contribution is 2.23. The van der Waals surface area contributed by atoms with Crippen LogP contribution in [0.2, 0.25) is 0 Å². The highest BCUT2D eigenvalue weighted by molar-refractivity contribution is 5.88. The van der Waals surface area contributed by atoms with Crippen LogP contribution in [0.4, 0.5) is 0 Å². The number of nitrogens with zero attached hydrogens (tertiary/aromatic N) is 2. The molecule has 0 bridgehead atoms. The summed E-state index contributed by atoms with van der Waals surface area (Å²) in [5.41, 5.74) is 3.59. The van der Waals surface area contributed by atoms with Crippen molar-refractivity contribution in [2.45, 2.75) is 13.1 Å². The van der Waals surface area contributed by atoms with Crippen LogP contribution in [0.5, 0.6) is 0 Å². The van der Waals surface area contributed by atoms with E-state index < -0.39 is 0 Å². The van der Waals surface area contributed by atoms with E-state index in [9.17, 15) is 4.79 Å². The van der Waals surface area contributed by atoms with E-state index in [4.69, 9.17) is 0 Å². The molecule has 3 aromatic rings. The Balaban J connectivity index is 1.96. The number of carbonyl (C=O) groups is 1. The second-order valence-electron chi connectivity index (χ2n) is 5.68. The van der Waals surface area contributed by atoms with Gasteiger partial charge in [0.25, 0.3) is 0 Å². The molecule has 1 amide bonds. The van der Waals surface area contributed by atoms with Gasteiger partial charge >= 0.3 is 0 Å². The summed E-state index contributed by atoms with van der Waals surface area (Å²) in [7, 11) is 1.80. The molecule has 0 saturated heterocycles. The van der Waals surface area contributed by atoms with Gasteiger partial charge in [-0.2, -0.15) is 0 Å². The van der Waals surface area contributed by atoms with Crippen LogP contribution in [0.15, 0.2) is 73.4 Å². The molecular formula is C20H20N2O. The van der Waals surface area contributed by atoms with Crippen LogP contribution in [-0.4, -0.2) is 22.4 Å². The van der Waals surface area contributed by atoms with E-state index in [0.29, 0.717) is 6.54 Å². The standard InChI is InChI=1S/C20H20N2O/c1-3-20(23)21(2)14-17-15-22(13-16-9-5-4-6-10-16)19-12-8-7-11-18(17)19/h3-12,15H,1,13-14H2,2H3. The summed E-state index contributed by atoms with van der Waals surface area (Å²) >= 11 is 0. The van der Waals surface area contributed by atoms with Gasteiger partial charge in [0.1, 0.15) is 0 Å². The fraction of sp³-hybridized carbons (Fsp3) is 0.150. The smallest absolute Gasteiger partial charge is 0.245 e. The highest BCUT2D eigenvalue weighted by Gasteiger charge is 2.12. The molecule has 0 N–H and O–H groups in total. The second-order valence-corrected chi connectivity index (χ2v) is 5.68. The molecule has 3 rings (SSSR count). The number of hydrogen-bond donors (Lipinski definition) is 0. The molecule has 1 aromatic heterocycles. The number of rotatable bonds is 5. The van der Waals surface area contributed by atoms with E-state index in [1.165, 1.54) is 22.5 Å². The zero-order chi connectivity index (χ0) is 16.2. The lowest BCUT2D eigenvalue weighted by Crippen LogP contribution is -2.23. The first-order valence-electron chi connectivity index (χ1n) is 7.67. The molecular weight excluding hydrogens is 284 g/mol. The van der Waals surface area contributed by atoms with E-state index in [1.54, 1.807) is 11.9 Å². The number of aromatic nitrogens is 1. The Morgan fingerprint density at radius 1 is 1.13 bits per heavy atom. The monoisotopic (exact) mass is 304 g/mol. The first-order valence-corrected chi connectivity index (χ1v) is 7.67. The Morgan fingerprint density at radius 3 is 2.57 bits per heavy atom. The van der Waals surface area contributed by atoms with E-state index >= 15 is 0 Å². The molecule has 0 aliphatic carbocycles. The summed E-state index contributed by atoms with van der Waals surface area (Å²) in [5, 5.41) is 1.19. The molecule has 0 spiro atoms. The SMILES string of the molecule is C=CC(=O)N(C)Cc1cn(Cc2ccccc2)c2ccccc12. The quantitative estimate of drug-likeness (QED) is 0.658. The molecule has 0 saturated carbocycles. The van der Waals surface area contributed by atoms with E-state index in [2.05, 4.69) is 53.7 Å². The van der Waals surface area contributed by atoms with Crippen molar-refractivity contribution in [2.24, 2.45) is 0 Å². The Kier molecular flexibility index (Phi) is 4.29. The van der Waals surface area contributed by atoms with Crippen molar-refractivity contribution in [2.75, 3.05) is 7.05 Å². The van der Waals surface area contributed by atoms with Crippen molar-refractivity contribution in [1.82, 2.24) is 9.47 Å². The van der Waals surface area contributed by atoms with Crippen LogP contribution < -0.4 is 0 Å². The lowest BCUT2D eigenvalue weighted by Gasteiger charge is -2.14. The lowest BCUT2D eigenvalue weighted by molar-refractivity contribution is -0.125. The van der Waals surface area contributed by atoms with Gasteiger partial charge in [-0.25, -0.2) is 0 Å². The Hall–Kier alpha value is -2.81. The minimum Gasteiger partial charge on any atom is -0.343 e. The molecule has 23 heavy (non-hydrogen) atoms. The van der Waals surface area contributed by atoms with Gasteiger partial charge in [0.2, 0.25) is 5.91 Å². The molecule has 0 unspecified atom stereocenters. The Morgan fingerprint density at radius 2 is 1.83 bits per heavy atom. The molecule has 0 aliphatic heterocycles. The van der Waals surface area contributed by atoms with Crippen LogP contribution in [0.25, 0.3) is 10.9 Å². The van der Waals surface area contributed by atoms with Crippen LogP contribution in [-0.2, 0) is 17.9 Å². The van der Waals surface area contributed by atoms with Crippen molar-refractivity contribution in [3.05, 3.63) is 84.6 Å². The lowest BCUT2D eigenvalue weighted by atomic mass is 10.1. The third-order valence-electron chi connectivity index (χ3n) is 4.03. The number of para-hydroxylation sites is 1. The highest BCUT2D eigenvalue weighted by atomic mass is 16.2. The third kappa shape index (κ3) is 3.19. The predicted octanol–water partition coefficient (Wildman–Crippen LogP) is 3.83. The summed E-state index contributed by atoms with van der Waals surface area (Å²) in [6.45, 7) is 4.95. The van der Waals surface area contributed by atoms with Crippen LogP contribution in [0.3, 0.4) is 0 Å². The Labute approximate surface area is 136 Å². The number of carbonyl (C=O) groups excluding carboxylic acids is 1. The fourth-order valence-electron chi connectivity index (χ4n) is 2.85. The molecule has 0 aliphatic rings. The number of amides is 1. The maximum absolute atomic E-state index is 11.8. The van der Waals surface area contributed by atoms with Gasteiger partial charge in [0.15, 0.2) is 0 Å². The number of benzene rings is 2. The van der Waals surface area contributed by atoms with Gasteiger partial charge in [0.05, 0.1) is 0 Å². The molecule has 116 valence electrons. The first kappa shape index (κ1) is 15.1.